The molecule has 0 aliphatic heterocycles. The molecule has 3 rings (SSSR count). The molecule has 5 nitrogen and oxygen atoms in total. The van der Waals surface area contributed by atoms with Crippen LogP contribution in [0.3, 0.4) is 0 Å². The summed E-state index contributed by atoms with van der Waals surface area (Å²) in [4.78, 5) is 25.4. The van der Waals surface area contributed by atoms with E-state index in [1.165, 1.54) is 16.9 Å². The Hall–Kier alpha value is -1.69. The Bertz CT molecular complexity index is 717. The summed E-state index contributed by atoms with van der Waals surface area (Å²) in [5, 5.41) is 4.14. The largest absolute Gasteiger partial charge is 0.350 e. The van der Waals surface area contributed by atoms with Gasteiger partial charge in [-0.1, -0.05) is 0 Å². The van der Waals surface area contributed by atoms with E-state index in [4.69, 9.17) is 0 Å². The summed E-state index contributed by atoms with van der Waals surface area (Å²) in [5.41, 5.74) is 1.17. The van der Waals surface area contributed by atoms with E-state index in [2.05, 4.69) is 15.3 Å². The first-order chi connectivity index (χ1) is 10.3. The maximum Gasteiger partial charge on any atom is 0.239 e. The van der Waals surface area contributed by atoms with Crippen LogP contribution in [-0.4, -0.2) is 35.0 Å². The monoisotopic (exact) mass is 318 g/mol. The van der Waals surface area contributed by atoms with Crippen molar-refractivity contribution in [3.05, 3.63) is 16.8 Å². The first kappa shape index (κ1) is 15.2. The average Bonchev–Trinajstić information content (AvgIpc) is 2.95. The number of hydrogen-bond acceptors (Lipinski definition) is 5. The van der Waals surface area contributed by atoms with Gasteiger partial charge in [-0.3, -0.25) is 4.79 Å². The van der Waals surface area contributed by atoms with Crippen LogP contribution in [0.2, 0.25) is 0 Å². The van der Waals surface area contributed by atoms with Gasteiger partial charge in [0.15, 0.2) is 0 Å². The number of fused-ring (bicyclic) bond motifs is 3. The molecular formula is C16H22N4OS. The number of nitrogens with zero attached hydrogens (tertiary/aromatic N) is 3. The molecular weight excluding hydrogens is 296 g/mol. The minimum Gasteiger partial charge on any atom is -0.350 e. The molecule has 1 amide bonds. The molecule has 2 aromatic rings. The maximum absolute atomic E-state index is 12.2. The predicted molar refractivity (Wildman–Crippen MR) is 90.6 cm³/mol. The molecule has 2 heterocycles. The topological polar surface area (TPSA) is 58.1 Å². The Morgan fingerprint density at radius 1 is 1.36 bits per heavy atom. The van der Waals surface area contributed by atoms with E-state index in [9.17, 15) is 4.79 Å². The molecule has 0 saturated heterocycles. The highest BCUT2D eigenvalue weighted by Crippen LogP contribution is 2.39. The molecule has 0 aromatic carbocycles. The summed E-state index contributed by atoms with van der Waals surface area (Å²) in [5.74, 6) is 0.877. The van der Waals surface area contributed by atoms with Gasteiger partial charge in [0.2, 0.25) is 5.91 Å². The Morgan fingerprint density at radius 2 is 2.14 bits per heavy atom. The molecule has 0 fully saturated rings. The van der Waals surface area contributed by atoms with Crippen LogP contribution in [0, 0.1) is 0 Å². The molecule has 6 heteroatoms. The third-order valence-electron chi connectivity index (χ3n) is 3.74. The summed E-state index contributed by atoms with van der Waals surface area (Å²) >= 11 is 1.77. The number of hydrogen-bond donors (Lipinski definition) is 1. The molecule has 2 aromatic heterocycles. The third-order valence-corrected chi connectivity index (χ3v) is 4.94. The lowest BCUT2D eigenvalue weighted by atomic mass is 10.1. The van der Waals surface area contributed by atoms with Crippen LogP contribution in [0.15, 0.2) is 6.33 Å². The highest BCUT2D eigenvalue weighted by molar-refractivity contribution is 7.19. The fourth-order valence-electron chi connectivity index (χ4n) is 2.95. The van der Waals surface area contributed by atoms with Gasteiger partial charge in [0.1, 0.15) is 17.0 Å². The van der Waals surface area contributed by atoms with Gasteiger partial charge in [0.25, 0.3) is 0 Å². The fraction of sp³-hybridized carbons (Fsp3) is 0.562. The number of amides is 1. The van der Waals surface area contributed by atoms with Crippen LogP contribution in [0.4, 0.5) is 5.82 Å². The second-order valence-corrected chi connectivity index (χ2v) is 7.97. The summed E-state index contributed by atoms with van der Waals surface area (Å²) in [7, 11) is 1.92. The number of thiophene rings is 1. The second kappa shape index (κ2) is 5.50. The van der Waals surface area contributed by atoms with Gasteiger partial charge in [0, 0.05) is 17.5 Å². The Labute approximate surface area is 134 Å². The highest BCUT2D eigenvalue weighted by Gasteiger charge is 2.23. The number of carbonyl (C=O) groups excluding carboxylic acids is 1. The van der Waals surface area contributed by atoms with Gasteiger partial charge < -0.3 is 10.2 Å². The van der Waals surface area contributed by atoms with Crippen molar-refractivity contribution < 1.29 is 4.79 Å². The van der Waals surface area contributed by atoms with Gasteiger partial charge in [-0.25, -0.2) is 9.97 Å². The zero-order valence-corrected chi connectivity index (χ0v) is 14.4. The van der Waals surface area contributed by atoms with E-state index in [0.29, 0.717) is 6.54 Å². The van der Waals surface area contributed by atoms with Crippen LogP contribution < -0.4 is 10.2 Å². The number of carbonyl (C=O) groups is 1. The average molecular weight is 318 g/mol. The summed E-state index contributed by atoms with van der Waals surface area (Å²) in [6.45, 7) is 6.26. The van der Waals surface area contributed by atoms with E-state index in [1.54, 1.807) is 17.7 Å². The van der Waals surface area contributed by atoms with E-state index in [0.717, 1.165) is 28.9 Å². The van der Waals surface area contributed by atoms with E-state index in [-0.39, 0.29) is 11.4 Å². The van der Waals surface area contributed by atoms with E-state index < -0.39 is 0 Å². The van der Waals surface area contributed by atoms with Crippen LogP contribution >= 0.6 is 11.3 Å². The third kappa shape index (κ3) is 2.92. The zero-order chi connectivity index (χ0) is 15.9. The Balaban J connectivity index is 1.88. The summed E-state index contributed by atoms with van der Waals surface area (Å²) < 4.78 is 0. The molecule has 118 valence electrons. The molecule has 0 radical (unpaired) electrons. The Morgan fingerprint density at radius 3 is 2.86 bits per heavy atom. The van der Waals surface area contributed by atoms with E-state index in [1.807, 2.05) is 32.7 Å². The number of aromatic nitrogens is 2. The van der Waals surface area contributed by atoms with Crippen molar-refractivity contribution >= 4 is 33.3 Å². The van der Waals surface area contributed by atoms with Gasteiger partial charge in [0.05, 0.1) is 11.9 Å². The SMILES string of the molecule is CN(CC(=O)NC(C)(C)C)c1ncnc2sc3c(c12)CCC3. The van der Waals surface area contributed by atoms with Crippen molar-refractivity contribution in [2.45, 2.75) is 45.6 Å². The molecule has 22 heavy (non-hydrogen) atoms. The van der Waals surface area contributed by atoms with Crippen LogP contribution in [-0.2, 0) is 17.6 Å². The van der Waals surface area contributed by atoms with Gasteiger partial charge in [-0.15, -0.1) is 11.3 Å². The lowest BCUT2D eigenvalue weighted by molar-refractivity contribution is -0.121. The minimum atomic E-state index is -0.220. The molecule has 0 saturated carbocycles. The zero-order valence-electron chi connectivity index (χ0n) is 13.6. The smallest absolute Gasteiger partial charge is 0.239 e. The molecule has 1 aliphatic rings. The normalized spacial score (nSPS) is 14.2. The van der Waals surface area contributed by atoms with Crippen molar-refractivity contribution in [1.82, 2.24) is 15.3 Å². The minimum absolute atomic E-state index is 0.00800. The van der Waals surface area contributed by atoms with Crippen molar-refractivity contribution in [3.8, 4) is 0 Å². The van der Waals surface area contributed by atoms with Crippen molar-refractivity contribution in [3.63, 3.8) is 0 Å². The second-order valence-electron chi connectivity index (χ2n) is 6.89. The molecule has 0 unspecified atom stereocenters. The first-order valence-electron chi connectivity index (χ1n) is 7.62. The number of nitrogens with one attached hydrogen (secondary N) is 1. The molecule has 1 N–H and O–H groups in total. The number of anilines is 1. The predicted octanol–water partition coefficient (Wildman–Crippen LogP) is 2.53. The van der Waals surface area contributed by atoms with Crippen molar-refractivity contribution in [2.24, 2.45) is 0 Å². The van der Waals surface area contributed by atoms with Crippen molar-refractivity contribution in [2.75, 3.05) is 18.5 Å². The molecule has 1 aliphatic carbocycles. The van der Waals surface area contributed by atoms with Crippen molar-refractivity contribution in [1.29, 1.82) is 0 Å². The standard InChI is InChI=1S/C16H22N4OS/c1-16(2,3)19-12(21)8-20(4)14-13-10-6-5-7-11(10)22-15(13)18-9-17-14/h9H,5-8H2,1-4H3,(H,19,21). The highest BCUT2D eigenvalue weighted by atomic mass is 32.1. The lowest BCUT2D eigenvalue weighted by Crippen LogP contribution is -2.45. The molecule has 0 bridgehead atoms. The molecule has 0 atom stereocenters. The maximum atomic E-state index is 12.2. The number of aryl methyl sites for hydroxylation is 2. The fourth-order valence-corrected chi connectivity index (χ4v) is 4.17. The molecule has 0 spiro atoms. The number of rotatable bonds is 3. The van der Waals surface area contributed by atoms with Crippen LogP contribution in [0.1, 0.15) is 37.6 Å². The van der Waals surface area contributed by atoms with Gasteiger partial charge in [-0.2, -0.15) is 0 Å². The van der Waals surface area contributed by atoms with Crippen LogP contribution in [0.25, 0.3) is 10.2 Å². The lowest BCUT2D eigenvalue weighted by Gasteiger charge is -2.24. The van der Waals surface area contributed by atoms with Crippen LogP contribution in [0.5, 0.6) is 0 Å². The summed E-state index contributed by atoms with van der Waals surface area (Å²) in [6, 6.07) is 0. The Kier molecular flexibility index (Phi) is 3.80. The van der Waals surface area contributed by atoms with Gasteiger partial charge in [-0.05, 0) is 45.6 Å². The quantitative estimate of drug-likeness (QED) is 0.945. The summed E-state index contributed by atoms with van der Waals surface area (Å²) in [6.07, 6.45) is 5.04. The van der Waals surface area contributed by atoms with Gasteiger partial charge >= 0.3 is 0 Å². The van der Waals surface area contributed by atoms with E-state index >= 15 is 0 Å². The first-order valence-corrected chi connectivity index (χ1v) is 8.44. The number of likely N-dealkylation sites (N-methyl/N-ethyl adjacent to an activating group) is 1.